The van der Waals surface area contributed by atoms with Gasteiger partial charge in [0, 0.05) is 17.4 Å². The maximum absolute atomic E-state index is 9.72. The van der Waals surface area contributed by atoms with Crippen LogP contribution in [0, 0.1) is 0 Å². The van der Waals surface area contributed by atoms with Crippen molar-refractivity contribution >= 4 is 17.3 Å². The molecule has 0 fully saturated rings. The van der Waals surface area contributed by atoms with Gasteiger partial charge < -0.3 is 0 Å². The predicted molar refractivity (Wildman–Crippen MR) is 38.3 cm³/mol. The van der Waals surface area contributed by atoms with Crippen LogP contribution in [0.2, 0.25) is 0 Å². The summed E-state index contributed by atoms with van der Waals surface area (Å²) in [6.07, 6.45) is 2.22. The van der Waals surface area contributed by atoms with E-state index < -0.39 is 0 Å². The molecular weight excluding hydrogens is 132 g/mol. The van der Waals surface area contributed by atoms with Gasteiger partial charge in [-0.25, -0.2) is 4.79 Å². The second kappa shape index (κ2) is 3.23. The zero-order valence-corrected chi connectivity index (χ0v) is 5.65. The van der Waals surface area contributed by atoms with Gasteiger partial charge >= 0.3 is 0 Å². The van der Waals surface area contributed by atoms with E-state index in [1.54, 1.807) is 17.3 Å². The summed E-state index contributed by atoms with van der Waals surface area (Å²) >= 11 is 1.65. The highest BCUT2D eigenvalue weighted by Gasteiger charge is 1.86. The van der Waals surface area contributed by atoms with Crippen LogP contribution in [0.4, 0.5) is 0 Å². The largest absolute Gasteiger partial charge is 0.234 e. The average molecular weight is 138 g/mol. The van der Waals surface area contributed by atoms with Crippen LogP contribution in [-0.4, -0.2) is 5.94 Å². The lowest BCUT2D eigenvalue weighted by Gasteiger charge is -1.80. The van der Waals surface area contributed by atoms with E-state index in [1.807, 2.05) is 17.5 Å². The molecule has 0 bridgehead atoms. The predicted octanol–water partition coefficient (Wildman–Crippen LogP) is 1.68. The zero-order chi connectivity index (χ0) is 6.53. The Morgan fingerprint density at radius 3 is 3.22 bits per heavy atom. The number of thiophene rings is 1. The molecule has 0 N–H and O–H groups in total. The maximum atomic E-state index is 9.72. The summed E-state index contributed by atoms with van der Waals surface area (Å²) < 4.78 is 0. The smallest absolute Gasteiger partial charge is 0.120 e. The van der Waals surface area contributed by atoms with Gasteiger partial charge in [0.05, 0.1) is 0 Å². The van der Waals surface area contributed by atoms with Crippen molar-refractivity contribution in [3.05, 3.63) is 28.5 Å². The minimum absolute atomic E-state index is 0.723. The molecule has 0 saturated heterocycles. The number of rotatable bonds is 2. The van der Waals surface area contributed by atoms with E-state index in [4.69, 9.17) is 0 Å². The molecule has 1 nitrogen and oxygen atoms in total. The van der Waals surface area contributed by atoms with Gasteiger partial charge in [-0.1, -0.05) is 6.07 Å². The van der Waals surface area contributed by atoms with Gasteiger partial charge in [-0.3, -0.25) is 0 Å². The topological polar surface area (TPSA) is 17.1 Å². The molecule has 2 heteroatoms. The second-order valence-corrected chi connectivity index (χ2v) is 2.64. The fourth-order valence-corrected chi connectivity index (χ4v) is 1.24. The summed E-state index contributed by atoms with van der Waals surface area (Å²) in [6.45, 7) is 0. The van der Waals surface area contributed by atoms with Crippen LogP contribution in [0.5, 0.6) is 0 Å². The molecule has 46 valence electrons. The molecule has 0 saturated carbocycles. The van der Waals surface area contributed by atoms with Gasteiger partial charge in [0.25, 0.3) is 0 Å². The molecule has 0 radical (unpaired) electrons. The average Bonchev–Trinajstić information content (AvgIpc) is 2.34. The highest BCUT2D eigenvalue weighted by molar-refractivity contribution is 7.09. The first-order valence-corrected chi connectivity index (χ1v) is 3.53. The summed E-state index contributed by atoms with van der Waals surface area (Å²) in [4.78, 5) is 10.9. The second-order valence-electron chi connectivity index (χ2n) is 1.61. The molecule has 0 aromatic carbocycles. The molecule has 9 heavy (non-hydrogen) atoms. The van der Waals surface area contributed by atoms with Crippen LogP contribution in [0.15, 0.2) is 23.6 Å². The quantitative estimate of drug-likeness (QED) is 0.568. The van der Waals surface area contributed by atoms with E-state index in [9.17, 15) is 4.79 Å². The first-order chi connectivity index (χ1) is 4.43. The van der Waals surface area contributed by atoms with Crippen LogP contribution in [0.1, 0.15) is 4.88 Å². The van der Waals surface area contributed by atoms with Crippen molar-refractivity contribution in [1.82, 2.24) is 0 Å². The molecule has 0 aliphatic heterocycles. The molecule has 1 aromatic heterocycles. The Balaban J connectivity index is 2.57. The summed E-state index contributed by atoms with van der Waals surface area (Å²) in [7, 11) is 0. The summed E-state index contributed by atoms with van der Waals surface area (Å²) in [6, 6.07) is 3.97. The SMILES string of the molecule is O=C=CCc1cccs1. The van der Waals surface area contributed by atoms with Crippen molar-refractivity contribution in [2.24, 2.45) is 0 Å². The first-order valence-electron chi connectivity index (χ1n) is 2.65. The van der Waals surface area contributed by atoms with Crippen molar-refractivity contribution < 1.29 is 4.79 Å². The molecule has 0 aliphatic rings. The summed E-state index contributed by atoms with van der Waals surface area (Å²) in [5.74, 6) is 1.74. The third kappa shape index (κ3) is 1.84. The minimum atomic E-state index is 0.723. The van der Waals surface area contributed by atoms with Gasteiger partial charge in [0.1, 0.15) is 5.94 Å². The molecule has 1 rings (SSSR count). The van der Waals surface area contributed by atoms with Crippen molar-refractivity contribution in [2.45, 2.75) is 6.42 Å². The van der Waals surface area contributed by atoms with Crippen LogP contribution >= 0.6 is 11.3 Å². The molecule has 0 unspecified atom stereocenters. The Kier molecular flexibility index (Phi) is 2.25. The van der Waals surface area contributed by atoms with Crippen LogP contribution in [0.3, 0.4) is 0 Å². The highest BCUT2D eigenvalue weighted by Crippen LogP contribution is 2.08. The number of carbonyl (C=O) groups excluding carboxylic acids is 1. The van der Waals surface area contributed by atoms with Crippen molar-refractivity contribution in [3.8, 4) is 0 Å². The normalized spacial score (nSPS) is 8.44. The Hall–Kier alpha value is -0.850. The van der Waals surface area contributed by atoms with Crippen molar-refractivity contribution in [1.29, 1.82) is 0 Å². The first kappa shape index (κ1) is 6.27. The number of allylic oxidation sites excluding steroid dienone is 1. The molecule has 1 aromatic rings. The Morgan fingerprint density at radius 1 is 1.78 bits per heavy atom. The van der Waals surface area contributed by atoms with E-state index in [2.05, 4.69) is 0 Å². The van der Waals surface area contributed by atoms with Gasteiger partial charge in [-0.15, -0.1) is 11.3 Å². The zero-order valence-electron chi connectivity index (χ0n) is 4.83. The van der Waals surface area contributed by atoms with Crippen molar-refractivity contribution in [3.63, 3.8) is 0 Å². The lowest BCUT2D eigenvalue weighted by atomic mass is 10.3. The maximum Gasteiger partial charge on any atom is 0.120 e. The third-order valence-electron chi connectivity index (χ3n) is 0.967. The van der Waals surface area contributed by atoms with E-state index >= 15 is 0 Å². The fraction of sp³-hybridized carbons (Fsp3) is 0.143. The van der Waals surface area contributed by atoms with Gasteiger partial charge in [0.2, 0.25) is 0 Å². The van der Waals surface area contributed by atoms with E-state index in [0.29, 0.717) is 0 Å². The molecule has 1 heterocycles. The standard InChI is InChI=1S/C7H6OS/c8-5-1-3-7-4-2-6-9-7/h1-2,4,6H,3H2. The molecule has 0 spiro atoms. The monoisotopic (exact) mass is 138 g/mol. The Labute approximate surface area is 57.6 Å². The fourth-order valence-electron chi connectivity index (χ4n) is 0.571. The third-order valence-corrected chi connectivity index (χ3v) is 1.87. The number of hydrogen-bond acceptors (Lipinski definition) is 2. The van der Waals surface area contributed by atoms with Crippen LogP contribution < -0.4 is 0 Å². The van der Waals surface area contributed by atoms with E-state index in [1.165, 1.54) is 11.0 Å². The number of hydrogen-bond donors (Lipinski definition) is 0. The van der Waals surface area contributed by atoms with E-state index in [-0.39, 0.29) is 0 Å². The van der Waals surface area contributed by atoms with Crippen molar-refractivity contribution in [2.75, 3.05) is 0 Å². The Morgan fingerprint density at radius 2 is 2.67 bits per heavy atom. The summed E-state index contributed by atoms with van der Waals surface area (Å²) in [5, 5.41) is 1.99. The lowest BCUT2D eigenvalue weighted by Crippen LogP contribution is -1.69. The molecule has 0 aliphatic carbocycles. The molecule has 0 atom stereocenters. The summed E-state index contributed by atoms with van der Waals surface area (Å²) in [5.41, 5.74) is 0. The Bertz CT molecular complexity index is 207. The molecule has 0 amide bonds. The van der Waals surface area contributed by atoms with Crippen LogP contribution in [0.25, 0.3) is 0 Å². The highest BCUT2D eigenvalue weighted by atomic mass is 32.1. The lowest BCUT2D eigenvalue weighted by molar-refractivity contribution is 0.568. The van der Waals surface area contributed by atoms with E-state index in [0.717, 1.165) is 6.42 Å². The van der Waals surface area contributed by atoms with Gasteiger partial charge in [0.15, 0.2) is 0 Å². The van der Waals surface area contributed by atoms with Gasteiger partial charge in [-0.05, 0) is 11.4 Å². The van der Waals surface area contributed by atoms with Gasteiger partial charge in [-0.2, -0.15) is 0 Å². The minimum Gasteiger partial charge on any atom is -0.234 e. The molecular formula is C7H6OS. The van der Waals surface area contributed by atoms with Crippen LogP contribution in [-0.2, 0) is 11.2 Å².